The molecule has 8 heteroatoms. The molecule has 0 unspecified atom stereocenters. The molecule has 0 aliphatic rings. The number of aromatic carboxylic acids is 1. The predicted molar refractivity (Wildman–Crippen MR) is 51.0 cm³/mol. The second-order valence-electron chi connectivity index (χ2n) is 2.36. The Labute approximate surface area is 83.0 Å². The Morgan fingerprint density at radius 1 is 1.27 bits per heavy atom. The van der Waals surface area contributed by atoms with Crippen molar-refractivity contribution in [1.29, 1.82) is 0 Å². The topological polar surface area (TPSA) is 135 Å². The van der Waals surface area contributed by atoms with Crippen LogP contribution in [-0.4, -0.2) is 11.1 Å². The van der Waals surface area contributed by atoms with Crippen molar-refractivity contribution < 1.29 is 9.90 Å². The molecule has 0 aliphatic heterocycles. The van der Waals surface area contributed by atoms with Gasteiger partial charge in [-0.15, -0.1) is 0 Å². The molecular weight excluding hydrogens is 200 g/mol. The first-order chi connectivity index (χ1) is 7.20. The van der Waals surface area contributed by atoms with E-state index in [0.717, 1.165) is 0 Å². The zero-order valence-electron chi connectivity index (χ0n) is 7.27. The zero-order valence-corrected chi connectivity index (χ0v) is 7.27. The molecule has 0 amide bonds. The van der Waals surface area contributed by atoms with Gasteiger partial charge in [-0.2, -0.15) is 0 Å². The zero-order chi connectivity index (χ0) is 11.3. The maximum Gasteiger partial charge on any atom is 0.336 e. The summed E-state index contributed by atoms with van der Waals surface area (Å²) in [5.74, 6) is -1.26. The van der Waals surface area contributed by atoms with Crippen LogP contribution < -0.4 is 0 Å². The highest BCUT2D eigenvalue weighted by Crippen LogP contribution is 2.32. The lowest BCUT2D eigenvalue weighted by atomic mass is 10.1. The predicted octanol–water partition coefficient (Wildman–Crippen LogP) is 3.27. The van der Waals surface area contributed by atoms with Crippen molar-refractivity contribution in [3.63, 3.8) is 0 Å². The quantitative estimate of drug-likeness (QED) is 0.459. The summed E-state index contributed by atoms with van der Waals surface area (Å²) in [4.78, 5) is 15.7. The molecule has 1 N–H and O–H groups in total. The Hall–Kier alpha value is -2.69. The summed E-state index contributed by atoms with van der Waals surface area (Å²) in [7, 11) is 0. The van der Waals surface area contributed by atoms with Gasteiger partial charge >= 0.3 is 5.97 Å². The van der Waals surface area contributed by atoms with Gasteiger partial charge in [-0.05, 0) is 17.1 Å². The average molecular weight is 204 g/mol. The average Bonchev–Trinajstić information content (AvgIpc) is 2.21. The third-order valence-corrected chi connectivity index (χ3v) is 1.54. The van der Waals surface area contributed by atoms with Gasteiger partial charge in [0, 0.05) is 15.5 Å². The molecule has 0 radical (unpaired) electrons. The van der Waals surface area contributed by atoms with E-state index in [1.54, 1.807) is 0 Å². The van der Waals surface area contributed by atoms with E-state index in [4.69, 9.17) is 16.2 Å². The van der Waals surface area contributed by atoms with Crippen LogP contribution in [0.25, 0.3) is 20.9 Å². The number of carboxylic acids is 1. The van der Waals surface area contributed by atoms with Crippen molar-refractivity contribution in [2.75, 3.05) is 0 Å². The Morgan fingerprint density at radius 2 is 1.93 bits per heavy atom. The summed E-state index contributed by atoms with van der Waals surface area (Å²) in [6.45, 7) is 0. The van der Waals surface area contributed by atoms with Crippen LogP contribution in [0.4, 0.5) is 11.4 Å². The summed E-state index contributed by atoms with van der Waals surface area (Å²) in [5, 5.41) is 15.2. The van der Waals surface area contributed by atoms with Gasteiger partial charge < -0.3 is 5.11 Å². The van der Waals surface area contributed by atoms with Crippen molar-refractivity contribution in [3.8, 4) is 0 Å². The molecule has 0 aromatic heterocycles. The van der Waals surface area contributed by atoms with E-state index in [1.807, 2.05) is 0 Å². The number of azide groups is 2. The van der Waals surface area contributed by atoms with Crippen molar-refractivity contribution in [2.24, 2.45) is 10.2 Å². The van der Waals surface area contributed by atoms with Crippen molar-refractivity contribution in [2.45, 2.75) is 0 Å². The summed E-state index contributed by atoms with van der Waals surface area (Å²) in [6, 6.07) is 4.00. The third-order valence-electron chi connectivity index (χ3n) is 1.54. The van der Waals surface area contributed by atoms with Gasteiger partial charge in [-0.25, -0.2) is 4.79 Å². The number of hydrogen-bond acceptors (Lipinski definition) is 3. The number of nitrogens with zero attached hydrogens (tertiary/aromatic N) is 6. The van der Waals surface area contributed by atoms with Gasteiger partial charge in [0.15, 0.2) is 0 Å². The molecule has 0 saturated heterocycles. The van der Waals surface area contributed by atoms with E-state index in [-0.39, 0.29) is 16.9 Å². The van der Waals surface area contributed by atoms with Gasteiger partial charge in [-0.1, -0.05) is 22.4 Å². The standard InChI is InChI=1S/C7H4N6O2/c8-12-10-5-3-1-2-4(7(14)15)6(5)11-13-9/h1-3H,(H,14,15). The van der Waals surface area contributed by atoms with Crippen LogP contribution in [0.5, 0.6) is 0 Å². The van der Waals surface area contributed by atoms with Crippen LogP contribution in [-0.2, 0) is 0 Å². The fourth-order valence-electron chi connectivity index (χ4n) is 0.983. The maximum atomic E-state index is 10.7. The molecule has 1 rings (SSSR count). The van der Waals surface area contributed by atoms with Gasteiger partial charge in [0.1, 0.15) is 0 Å². The minimum atomic E-state index is -1.26. The van der Waals surface area contributed by atoms with Crippen LogP contribution >= 0.6 is 0 Å². The van der Waals surface area contributed by atoms with Gasteiger partial charge in [-0.3, -0.25) is 0 Å². The summed E-state index contributed by atoms with van der Waals surface area (Å²) in [5.41, 5.74) is 16.0. The molecule has 0 spiro atoms. The van der Waals surface area contributed by atoms with E-state index in [2.05, 4.69) is 20.1 Å². The number of benzene rings is 1. The third kappa shape index (κ3) is 2.16. The molecule has 1 aromatic rings. The first kappa shape index (κ1) is 10.4. The van der Waals surface area contributed by atoms with Crippen molar-refractivity contribution in [3.05, 3.63) is 44.6 Å². The van der Waals surface area contributed by atoms with E-state index in [9.17, 15) is 4.79 Å². The highest BCUT2D eigenvalue weighted by atomic mass is 16.4. The Bertz CT molecular complexity index is 478. The Balaban J connectivity index is 3.54. The fourth-order valence-corrected chi connectivity index (χ4v) is 0.983. The molecule has 0 saturated carbocycles. The summed E-state index contributed by atoms with van der Waals surface area (Å²) in [6.07, 6.45) is 0. The van der Waals surface area contributed by atoms with E-state index >= 15 is 0 Å². The minimum Gasteiger partial charge on any atom is -0.478 e. The van der Waals surface area contributed by atoms with E-state index < -0.39 is 5.97 Å². The molecule has 0 bridgehead atoms. The number of hydrogen-bond donors (Lipinski definition) is 1. The molecule has 0 atom stereocenters. The molecule has 8 nitrogen and oxygen atoms in total. The number of carbonyl (C=O) groups is 1. The monoisotopic (exact) mass is 204 g/mol. The highest BCUT2D eigenvalue weighted by molar-refractivity contribution is 5.96. The highest BCUT2D eigenvalue weighted by Gasteiger charge is 2.11. The molecule has 74 valence electrons. The normalized spacial score (nSPS) is 8.53. The Kier molecular flexibility index (Phi) is 3.13. The van der Waals surface area contributed by atoms with Crippen molar-refractivity contribution >= 4 is 17.3 Å². The Morgan fingerprint density at radius 3 is 2.47 bits per heavy atom. The number of carboxylic acid groups (broad SMARTS) is 1. The minimum absolute atomic E-state index is 0.0183. The SMILES string of the molecule is [N-]=[N+]=Nc1cccc(C(=O)O)c1N=[N+]=[N-]. The first-order valence-corrected chi connectivity index (χ1v) is 3.67. The van der Waals surface area contributed by atoms with Crippen LogP contribution in [0.15, 0.2) is 28.4 Å². The van der Waals surface area contributed by atoms with E-state index in [1.165, 1.54) is 18.2 Å². The smallest absolute Gasteiger partial charge is 0.336 e. The first-order valence-electron chi connectivity index (χ1n) is 3.67. The maximum absolute atomic E-state index is 10.7. The lowest BCUT2D eigenvalue weighted by Gasteiger charge is -2.01. The van der Waals surface area contributed by atoms with Gasteiger partial charge in [0.05, 0.1) is 11.3 Å². The van der Waals surface area contributed by atoms with Crippen LogP contribution in [0.1, 0.15) is 10.4 Å². The van der Waals surface area contributed by atoms with Crippen LogP contribution in [0.2, 0.25) is 0 Å². The largest absolute Gasteiger partial charge is 0.478 e. The van der Waals surface area contributed by atoms with Gasteiger partial charge in [0.25, 0.3) is 0 Å². The van der Waals surface area contributed by atoms with Crippen LogP contribution in [0, 0.1) is 0 Å². The molecule has 0 heterocycles. The second kappa shape index (κ2) is 4.52. The molecule has 0 fully saturated rings. The summed E-state index contributed by atoms with van der Waals surface area (Å²) >= 11 is 0. The van der Waals surface area contributed by atoms with Crippen molar-refractivity contribution in [1.82, 2.24) is 0 Å². The lowest BCUT2D eigenvalue weighted by molar-refractivity contribution is 0.0698. The molecule has 0 aliphatic carbocycles. The lowest BCUT2D eigenvalue weighted by Crippen LogP contribution is -1.95. The van der Waals surface area contributed by atoms with E-state index in [0.29, 0.717) is 0 Å². The molecule has 1 aromatic carbocycles. The molecule has 15 heavy (non-hydrogen) atoms. The number of rotatable bonds is 3. The van der Waals surface area contributed by atoms with Gasteiger partial charge in [0.2, 0.25) is 0 Å². The fraction of sp³-hybridized carbons (Fsp3) is 0. The summed E-state index contributed by atoms with van der Waals surface area (Å²) < 4.78 is 0. The molecular formula is C7H4N6O2. The van der Waals surface area contributed by atoms with Crippen LogP contribution in [0.3, 0.4) is 0 Å². The second-order valence-corrected chi connectivity index (χ2v) is 2.36.